The third-order valence-corrected chi connectivity index (χ3v) is 4.92. The first-order valence-electron chi connectivity index (χ1n) is 9.08. The van der Waals surface area contributed by atoms with Crippen LogP contribution in [0.15, 0.2) is 42.7 Å². The maximum atomic E-state index is 13.4. The van der Waals surface area contributed by atoms with Gasteiger partial charge in [-0.2, -0.15) is 4.98 Å². The van der Waals surface area contributed by atoms with Crippen LogP contribution in [0.1, 0.15) is 20.3 Å². The second-order valence-electron chi connectivity index (χ2n) is 7.26. The third kappa shape index (κ3) is 3.68. The van der Waals surface area contributed by atoms with Crippen LogP contribution in [0.5, 0.6) is 0 Å². The summed E-state index contributed by atoms with van der Waals surface area (Å²) in [5.41, 5.74) is 2.50. The molecule has 0 aliphatic carbocycles. The molecule has 2 heterocycles. The van der Waals surface area contributed by atoms with Crippen molar-refractivity contribution in [3.63, 3.8) is 0 Å². The van der Waals surface area contributed by atoms with Gasteiger partial charge in [0.2, 0.25) is 5.95 Å². The highest BCUT2D eigenvalue weighted by atomic mass is 19.1. The molecule has 8 heteroatoms. The minimum Gasteiger partial charge on any atom is -0.386 e. The first kappa shape index (κ1) is 18.4. The lowest BCUT2D eigenvalue weighted by Crippen LogP contribution is -2.61. The molecule has 0 atom stereocenters. The maximum Gasteiger partial charge on any atom is 0.246 e. The zero-order valence-electron chi connectivity index (χ0n) is 15.7. The summed E-state index contributed by atoms with van der Waals surface area (Å²) in [4.78, 5) is 6.28. The predicted molar refractivity (Wildman–Crippen MR) is 105 cm³/mol. The molecule has 28 heavy (non-hydrogen) atoms. The minimum atomic E-state index is -0.676. The van der Waals surface area contributed by atoms with Crippen molar-refractivity contribution in [2.24, 2.45) is 0 Å². The van der Waals surface area contributed by atoms with Gasteiger partial charge in [-0.3, -0.25) is 0 Å². The summed E-state index contributed by atoms with van der Waals surface area (Å²) in [6.45, 7) is 5.17. The second kappa shape index (κ2) is 6.87. The van der Waals surface area contributed by atoms with E-state index in [-0.39, 0.29) is 7.11 Å². The summed E-state index contributed by atoms with van der Waals surface area (Å²) < 4.78 is 28.1. The molecule has 2 aromatic carbocycles. The average molecular weight is 387 g/mol. The normalized spacial score (nSPS) is 15.4. The van der Waals surface area contributed by atoms with Crippen LogP contribution >= 0.6 is 0 Å². The van der Waals surface area contributed by atoms with Gasteiger partial charge >= 0.3 is 0 Å². The molecule has 0 unspecified atom stereocenters. The van der Waals surface area contributed by atoms with E-state index in [0.717, 1.165) is 29.4 Å². The Kier molecular flexibility index (Phi) is 4.50. The van der Waals surface area contributed by atoms with Crippen molar-refractivity contribution in [1.29, 1.82) is 0 Å². The van der Waals surface area contributed by atoms with Gasteiger partial charge in [-0.1, -0.05) is 6.92 Å². The van der Waals surface area contributed by atoms with E-state index in [4.69, 9.17) is 0 Å². The van der Waals surface area contributed by atoms with Gasteiger partial charge in [0.15, 0.2) is 0 Å². The molecule has 1 fully saturated rings. The molecule has 148 valence electrons. The molecule has 4 rings (SSSR count). The molecule has 0 saturated carbocycles. The van der Waals surface area contributed by atoms with Crippen molar-refractivity contribution in [2.75, 3.05) is 23.3 Å². The fourth-order valence-electron chi connectivity index (χ4n) is 3.33. The van der Waals surface area contributed by atoms with Gasteiger partial charge < -0.3 is 15.3 Å². The quantitative estimate of drug-likeness (QED) is 0.697. The van der Waals surface area contributed by atoms with Gasteiger partial charge in [-0.15, -0.1) is 5.10 Å². The highest BCUT2D eigenvalue weighted by Gasteiger charge is 2.39. The molecule has 0 spiro atoms. The number of halogens is 2. The van der Waals surface area contributed by atoms with Crippen molar-refractivity contribution < 1.29 is 15.3 Å². The number of anilines is 3. The molecule has 3 aromatic rings. The molecule has 1 saturated heterocycles. The Morgan fingerprint density at radius 3 is 2.50 bits per heavy atom. The van der Waals surface area contributed by atoms with Crippen LogP contribution in [0.25, 0.3) is 5.69 Å². The summed E-state index contributed by atoms with van der Waals surface area (Å²) in [5.74, 6) is -1.04. The number of aromatic nitrogens is 3. The number of nitrogens with zero attached hydrogens (tertiary/aromatic N) is 4. The van der Waals surface area contributed by atoms with Crippen LogP contribution in [0.2, 0.25) is 0 Å². The van der Waals surface area contributed by atoms with Gasteiger partial charge in [0.25, 0.3) is 0 Å². The Hall–Kier alpha value is -3.00. The van der Waals surface area contributed by atoms with E-state index in [1.54, 1.807) is 0 Å². The molecule has 6 nitrogen and oxygen atoms in total. The van der Waals surface area contributed by atoms with Crippen LogP contribution in [0.4, 0.5) is 26.1 Å². The lowest BCUT2D eigenvalue weighted by Gasteiger charge is -2.47. The average Bonchev–Trinajstić information content (AvgIpc) is 3.06. The molecule has 0 bridgehead atoms. The van der Waals surface area contributed by atoms with E-state index in [0.29, 0.717) is 19.0 Å². The van der Waals surface area contributed by atoms with Crippen LogP contribution in [0, 0.1) is 18.6 Å². The number of aliphatic hydroxyl groups is 1. The van der Waals surface area contributed by atoms with Gasteiger partial charge in [0, 0.05) is 32.0 Å². The van der Waals surface area contributed by atoms with E-state index in [9.17, 15) is 13.9 Å². The Balaban J connectivity index is 0.00000240. The van der Waals surface area contributed by atoms with Crippen molar-refractivity contribution in [3.05, 3.63) is 59.9 Å². The fourth-order valence-corrected chi connectivity index (χ4v) is 3.33. The van der Waals surface area contributed by atoms with E-state index >= 15 is 0 Å². The number of hydrogen-bond donors (Lipinski definition) is 2. The van der Waals surface area contributed by atoms with Crippen molar-refractivity contribution in [1.82, 2.24) is 14.8 Å². The van der Waals surface area contributed by atoms with Crippen LogP contribution in [-0.2, 0) is 0 Å². The summed E-state index contributed by atoms with van der Waals surface area (Å²) in [6.07, 6.45) is 2.12. The number of nitrogens with one attached hydrogen (secondary N) is 1. The molecule has 1 aromatic heterocycles. The van der Waals surface area contributed by atoms with E-state index in [2.05, 4.69) is 26.4 Å². The third-order valence-electron chi connectivity index (χ3n) is 4.92. The first-order chi connectivity index (χ1) is 13.3. The van der Waals surface area contributed by atoms with E-state index in [1.807, 2.05) is 26.0 Å². The lowest BCUT2D eigenvalue weighted by molar-refractivity contribution is 0.00853. The van der Waals surface area contributed by atoms with Crippen LogP contribution in [-0.4, -0.2) is 38.6 Å². The highest BCUT2D eigenvalue weighted by molar-refractivity contribution is 5.65. The second-order valence-corrected chi connectivity index (χ2v) is 7.26. The Labute approximate surface area is 162 Å². The van der Waals surface area contributed by atoms with E-state index < -0.39 is 17.2 Å². The van der Waals surface area contributed by atoms with Crippen LogP contribution < -0.4 is 10.2 Å². The Bertz CT molecular complexity index is 1000. The van der Waals surface area contributed by atoms with Gasteiger partial charge in [0.05, 0.1) is 11.3 Å². The maximum absolute atomic E-state index is 13.4. The molecule has 2 N–H and O–H groups in total. The number of aryl methyl sites for hydroxylation is 1. The minimum absolute atomic E-state index is 0. The van der Waals surface area contributed by atoms with Gasteiger partial charge in [-0.25, -0.2) is 13.5 Å². The molecular weight excluding hydrogens is 364 g/mol. The molecule has 0 radical (unpaired) electrons. The predicted octanol–water partition coefficient (Wildman–Crippen LogP) is 3.80. The number of benzene rings is 2. The van der Waals surface area contributed by atoms with Crippen molar-refractivity contribution >= 4 is 17.3 Å². The fraction of sp³-hybridized carbons (Fsp3) is 0.300. The number of rotatable bonds is 5. The topological polar surface area (TPSA) is 66.2 Å². The SMILES string of the molecule is CCC1(O)CN(c2cc(C)cc(Nc3ncn(-c4cc(F)cc(F)c4)n3)c2)C1.[HH]. The zero-order valence-corrected chi connectivity index (χ0v) is 15.7. The van der Waals surface area contributed by atoms with Gasteiger partial charge in [0.1, 0.15) is 18.0 Å². The van der Waals surface area contributed by atoms with E-state index in [1.165, 1.54) is 23.1 Å². The molecule has 1 aliphatic heterocycles. The standard InChI is InChI=1S/C20H21F2N5O.H2/c1-3-20(28)10-26(11-20)17-5-13(2)4-16(9-17)24-19-23-12-27(25-19)18-7-14(21)6-15(22)8-18;/h4-9,12,28H,3,10-11H2,1-2H3,(H,24,25);1H. The van der Waals surface area contributed by atoms with Crippen molar-refractivity contribution in [3.8, 4) is 5.69 Å². The first-order valence-corrected chi connectivity index (χ1v) is 9.08. The highest BCUT2D eigenvalue weighted by Crippen LogP contribution is 2.32. The summed E-state index contributed by atoms with van der Waals surface area (Å²) in [5, 5.41) is 17.6. The van der Waals surface area contributed by atoms with Gasteiger partial charge in [-0.05, 0) is 49.2 Å². The molecule has 1 aliphatic rings. The molecule has 0 amide bonds. The number of hydrogen-bond acceptors (Lipinski definition) is 5. The summed E-state index contributed by atoms with van der Waals surface area (Å²) in [7, 11) is 0. The monoisotopic (exact) mass is 387 g/mol. The Morgan fingerprint density at radius 1 is 1.11 bits per heavy atom. The Morgan fingerprint density at radius 2 is 1.82 bits per heavy atom. The van der Waals surface area contributed by atoms with Crippen LogP contribution in [0.3, 0.4) is 0 Å². The summed E-state index contributed by atoms with van der Waals surface area (Å²) >= 11 is 0. The number of β-amino-alcohol motifs (C(OH)–C–C–N with tert-alkyl or cyclic N) is 1. The lowest BCUT2D eigenvalue weighted by atomic mass is 9.90. The smallest absolute Gasteiger partial charge is 0.246 e. The van der Waals surface area contributed by atoms with Crippen molar-refractivity contribution in [2.45, 2.75) is 25.9 Å². The molecular formula is C20H23F2N5O. The largest absolute Gasteiger partial charge is 0.386 e. The summed E-state index contributed by atoms with van der Waals surface area (Å²) in [6, 6.07) is 9.16. The zero-order chi connectivity index (χ0) is 19.9.